The Kier molecular flexibility index (Phi) is 6.78. The molecule has 1 aliphatic heterocycles. The molecule has 236 valence electrons. The molecule has 0 radical (unpaired) electrons. The lowest BCUT2D eigenvalue weighted by atomic mass is 9.78. The molecule has 0 fully saturated rings. The Balaban J connectivity index is 1.14. The number of benzene rings is 6. The summed E-state index contributed by atoms with van der Waals surface area (Å²) in [6.45, 7) is 0. The molecule has 0 bridgehead atoms. The molecule has 0 amide bonds. The smallest absolute Gasteiger partial charge is 0.165 e. The predicted molar refractivity (Wildman–Crippen MR) is 205 cm³/mol. The number of allylic oxidation sites excluding steroid dienone is 2. The number of hydrogen-bond acceptors (Lipinski definition) is 5. The Morgan fingerprint density at radius 1 is 0.520 bits per heavy atom. The van der Waals surface area contributed by atoms with E-state index in [1.165, 1.54) is 36.9 Å². The van der Waals surface area contributed by atoms with E-state index in [-0.39, 0.29) is 12.0 Å². The Morgan fingerprint density at radius 3 is 2.02 bits per heavy atom. The molecular weight excluding hydrogens is 631 g/mol. The highest BCUT2D eigenvalue weighted by atomic mass is 32.1. The van der Waals surface area contributed by atoms with Crippen LogP contribution < -0.4 is 4.74 Å². The van der Waals surface area contributed by atoms with Crippen LogP contribution >= 0.6 is 11.3 Å². The van der Waals surface area contributed by atoms with Crippen LogP contribution in [0.25, 0.3) is 65.5 Å². The van der Waals surface area contributed by atoms with Crippen molar-refractivity contribution in [2.24, 2.45) is 0 Å². The maximum absolute atomic E-state index is 6.57. The Morgan fingerprint density at radius 2 is 1.16 bits per heavy atom. The fourth-order valence-electron chi connectivity index (χ4n) is 7.37. The van der Waals surface area contributed by atoms with E-state index < -0.39 is 0 Å². The minimum atomic E-state index is -0.0958. The molecule has 0 spiro atoms. The van der Waals surface area contributed by atoms with E-state index >= 15 is 0 Å². The average molecular weight is 660 g/mol. The number of fused-ring (bicyclic) bond motifs is 6. The fourth-order valence-corrected chi connectivity index (χ4v) is 8.58. The lowest BCUT2D eigenvalue weighted by molar-refractivity contribution is 0.272. The lowest BCUT2D eigenvalue weighted by Crippen LogP contribution is -2.21. The summed E-state index contributed by atoms with van der Waals surface area (Å²) in [6.07, 6.45) is 4.51. The molecule has 0 N–H and O–H groups in total. The number of thiophene rings is 1. The summed E-state index contributed by atoms with van der Waals surface area (Å²) in [6, 6.07) is 52.8. The number of ether oxygens (including phenoxy) is 1. The molecule has 2 aromatic heterocycles. The van der Waals surface area contributed by atoms with E-state index in [2.05, 4.69) is 140 Å². The second-order valence-corrected chi connectivity index (χ2v) is 13.8. The maximum atomic E-state index is 6.57. The van der Waals surface area contributed by atoms with E-state index in [0.717, 1.165) is 33.6 Å². The van der Waals surface area contributed by atoms with Gasteiger partial charge in [-0.3, -0.25) is 0 Å². The summed E-state index contributed by atoms with van der Waals surface area (Å²) in [5, 5.41) is 2.47. The first-order chi connectivity index (χ1) is 24.8. The van der Waals surface area contributed by atoms with Crippen molar-refractivity contribution in [1.29, 1.82) is 0 Å². The fraction of sp³-hybridized carbons (Fsp3) is 0.0444. The van der Waals surface area contributed by atoms with Crippen molar-refractivity contribution in [2.45, 2.75) is 12.0 Å². The van der Waals surface area contributed by atoms with Gasteiger partial charge in [-0.25, -0.2) is 15.0 Å². The van der Waals surface area contributed by atoms with Crippen molar-refractivity contribution in [3.05, 3.63) is 181 Å². The van der Waals surface area contributed by atoms with Gasteiger partial charge in [0.25, 0.3) is 0 Å². The van der Waals surface area contributed by atoms with Crippen LogP contribution in [0, 0.1) is 0 Å². The van der Waals surface area contributed by atoms with Gasteiger partial charge < -0.3 is 4.74 Å². The predicted octanol–water partition coefficient (Wildman–Crippen LogP) is 11.3. The molecule has 3 heterocycles. The monoisotopic (exact) mass is 659 g/mol. The van der Waals surface area contributed by atoms with Gasteiger partial charge in [0.15, 0.2) is 17.5 Å². The van der Waals surface area contributed by atoms with Gasteiger partial charge in [0.05, 0.1) is 5.92 Å². The molecule has 0 saturated carbocycles. The molecule has 4 nitrogen and oxygen atoms in total. The largest absolute Gasteiger partial charge is 0.485 e. The number of hydrogen-bond donors (Lipinski definition) is 0. The van der Waals surface area contributed by atoms with E-state index in [1.807, 2.05) is 24.3 Å². The number of para-hydroxylation sites is 1. The maximum Gasteiger partial charge on any atom is 0.165 e. The van der Waals surface area contributed by atoms with Gasteiger partial charge in [0, 0.05) is 42.4 Å². The van der Waals surface area contributed by atoms with Crippen molar-refractivity contribution < 1.29 is 4.74 Å². The molecule has 8 aromatic rings. The minimum absolute atomic E-state index is 0.0771. The van der Waals surface area contributed by atoms with Crippen LogP contribution in [0.2, 0.25) is 0 Å². The summed E-state index contributed by atoms with van der Waals surface area (Å²) in [5.41, 5.74) is 8.78. The van der Waals surface area contributed by atoms with E-state index in [9.17, 15) is 0 Å². The zero-order valence-corrected chi connectivity index (χ0v) is 27.7. The third-order valence-corrected chi connectivity index (χ3v) is 10.9. The third kappa shape index (κ3) is 4.86. The molecule has 0 saturated heterocycles. The topological polar surface area (TPSA) is 47.9 Å². The van der Waals surface area contributed by atoms with Crippen LogP contribution in [-0.4, -0.2) is 21.1 Å². The van der Waals surface area contributed by atoms with Gasteiger partial charge in [0.2, 0.25) is 0 Å². The molecule has 2 aliphatic rings. The molecule has 2 atom stereocenters. The zero-order chi connectivity index (χ0) is 33.0. The summed E-state index contributed by atoms with van der Waals surface area (Å²) >= 11 is 1.78. The Labute approximate surface area is 293 Å². The van der Waals surface area contributed by atoms with Crippen LogP contribution in [0.5, 0.6) is 5.75 Å². The summed E-state index contributed by atoms with van der Waals surface area (Å²) < 4.78 is 8.99. The van der Waals surface area contributed by atoms with Gasteiger partial charge in [-0.05, 0) is 58.7 Å². The van der Waals surface area contributed by atoms with Crippen LogP contribution in [0.1, 0.15) is 22.6 Å². The highest BCUT2D eigenvalue weighted by molar-refractivity contribution is 7.26. The van der Waals surface area contributed by atoms with Crippen molar-refractivity contribution in [3.63, 3.8) is 0 Å². The number of aromatic nitrogens is 3. The summed E-state index contributed by atoms with van der Waals surface area (Å²) in [7, 11) is 0. The van der Waals surface area contributed by atoms with Gasteiger partial charge in [-0.15, -0.1) is 11.3 Å². The second-order valence-electron chi connectivity index (χ2n) is 12.7. The molecule has 6 aromatic carbocycles. The van der Waals surface area contributed by atoms with E-state index in [1.54, 1.807) is 11.3 Å². The van der Waals surface area contributed by atoms with Crippen molar-refractivity contribution >= 4 is 42.7 Å². The third-order valence-electron chi connectivity index (χ3n) is 9.71. The van der Waals surface area contributed by atoms with Gasteiger partial charge >= 0.3 is 0 Å². The van der Waals surface area contributed by atoms with Crippen LogP contribution in [-0.2, 0) is 0 Å². The summed E-state index contributed by atoms with van der Waals surface area (Å²) in [4.78, 5) is 15.4. The van der Waals surface area contributed by atoms with Crippen LogP contribution in [0.15, 0.2) is 164 Å². The molecule has 2 unspecified atom stereocenters. The number of rotatable bonds is 5. The van der Waals surface area contributed by atoms with Gasteiger partial charge in [-0.2, -0.15) is 0 Å². The van der Waals surface area contributed by atoms with Crippen molar-refractivity contribution in [1.82, 2.24) is 15.0 Å². The second kappa shape index (κ2) is 11.8. The molecule has 10 rings (SSSR count). The highest BCUT2D eigenvalue weighted by Crippen LogP contribution is 2.50. The van der Waals surface area contributed by atoms with Gasteiger partial charge in [0.1, 0.15) is 11.9 Å². The molecule has 5 heteroatoms. The van der Waals surface area contributed by atoms with E-state index in [4.69, 9.17) is 19.7 Å². The van der Waals surface area contributed by atoms with Crippen LogP contribution in [0.3, 0.4) is 0 Å². The number of nitrogens with zero attached hydrogens (tertiary/aromatic N) is 3. The molecule has 1 aliphatic carbocycles. The standard InChI is InChI=1S/C45H29N3OS/c1-3-13-28(14-4-1)32-26-37(41-35-20-7-9-23-38(35)49-39(41)27-32)30-17-11-18-31(25-30)44-46-43(29-15-5-2-6-16-29)47-45(48-44)36-22-12-21-34-33-19-8-10-24-40(33)50-42(34)36/h1-27,39,41H. The Bertz CT molecular complexity index is 2640. The van der Waals surface area contributed by atoms with Crippen molar-refractivity contribution in [2.75, 3.05) is 0 Å². The van der Waals surface area contributed by atoms with E-state index in [0.29, 0.717) is 17.5 Å². The van der Waals surface area contributed by atoms with Gasteiger partial charge in [-0.1, -0.05) is 127 Å². The lowest BCUT2D eigenvalue weighted by Gasteiger charge is -2.26. The quantitative estimate of drug-likeness (QED) is 0.184. The molecular formula is C45H29N3OS. The van der Waals surface area contributed by atoms with Crippen molar-refractivity contribution in [3.8, 4) is 39.9 Å². The minimum Gasteiger partial charge on any atom is -0.485 e. The Hall–Kier alpha value is -6.17. The average Bonchev–Trinajstić information content (AvgIpc) is 3.77. The normalized spacial score (nSPS) is 16.4. The zero-order valence-electron chi connectivity index (χ0n) is 26.9. The molecule has 50 heavy (non-hydrogen) atoms. The van der Waals surface area contributed by atoms with Crippen LogP contribution in [0.4, 0.5) is 0 Å². The summed E-state index contributed by atoms with van der Waals surface area (Å²) in [5.74, 6) is 2.98. The first-order valence-corrected chi connectivity index (χ1v) is 17.7. The SMILES string of the molecule is C1=C(c2ccccc2)C=C(c2cccc(-c3nc(-c4ccccc4)nc(-c4cccc5c4sc4ccccc45)n3)c2)C2c3ccccc3OC12. The first kappa shape index (κ1) is 28.8. The first-order valence-electron chi connectivity index (χ1n) is 16.8. The highest BCUT2D eigenvalue weighted by Gasteiger charge is 2.38.